The number of hydrogen-bond acceptors (Lipinski definition) is 3. The quantitative estimate of drug-likeness (QED) is 0.602. The number of ether oxygens (including phenoxy) is 1. The molecule has 1 aliphatic rings. The van der Waals surface area contributed by atoms with Crippen LogP contribution in [0.15, 0.2) is 0 Å². The molecule has 0 bridgehead atoms. The van der Waals surface area contributed by atoms with Gasteiger partial charge < -0.3 is 15.4 Å². The van der Waals surface area contributed by atoms with E-state index < -0.39 is 13.0 Å². The summed E-state index contributed by atoms with van der Waals surface area (Å²) >= 11 is 0. The van der Waals surface area contributed by atoms with E-state index in [1.54, 1.807) is 0 Å². The first-order valence-corrected chi connectivity index (χ1v) is 5.04. The number of carbonyl (C=O) groups excluding carboxylic acids is 1. The average molecular weight is 222 g/mol. The SMILES string of the molecule is O=C1CCC(CNCCOCC(F)F)N1. The van der Waals surface area contributed by atoms with Crippen LogP contribution in [-0.4, -0.2) is 44.7 Å². The number of rotatable bonds is 7. The Hall–Kier alpha value is -0.750. The van der Waals surface area contributed by atoms with Gasteiger partial charge in [0.25, 0.3) is 6.43 Å². The highest BCUT2D eigenvalue weighted by Crippen LogP contribution is 2.04. The Labute approximate surface area is 87.4 Å². The van der Waals surface area contributed by atoms with Crippen molar-refractivity contribution in [2.75, 3.05) is 26.3 Å². The number of carbonyl (C=O) groups is 1. The number of nitrogens with one attached hydrogen (secondary N) is 2. The maximum absolute atomic E-state index is 11.6. The second kappa shape index (κ2) is 6.68. The summed E-state index contributed by atoms with van der Waals surface area (Å²) in [7, 11) is 0. The molecular weight excluding hydrogens is 206 g/mol. The van der Waals surface area contributed by atoms with Crippen molar-refractivity contribution in [3.05, 3.63) is 0 Å². The smallest absolute Gasteiger partial charge is 0.261 e. The predicted molar refractivity (Wildman–Crippen MR) is 50.9 cm³/mol. The van der Waals surface area contributed by atoms with E-state index in [0.717, 1.165) is 6.42 Å². The highest BCUT2D eigenvalue weighted by atomic mass is 19.3. The first kappa shape index (κ1) is 12.3. The molecule has 1 amide bonds. The van der Waals surface area contributed by atoms with Gasteiger partial charge in [-0.3, -0.25) is 4.79 Å². The number of alkyl halides is 2. The molecule has 1 heterocycles. The van der Waals surface area contributed by atoms with Gasteiger partial charge in [0.2, 0.25) is 5.91 Å². The minimum atomic E-state index is -2.40. The van der Waals surface area contributed by atoms with Crippen LogP contribution in [0.2, 0.25) is 0 Å². The summed E-state index contributed by atoms with van der Waals surface area (Å²) < 4.78 is 28.0. The van der Waals surface area contributed by atoms with E-state index in [1.807, 2.05) is 0 Å². The number of halogens is 2. The molecule has 4 nitrogen and oxygen atoms in total. The third kappa shape index (κ3) is 5.64. The second-order valence-corrected chi connectivity index (χ2v) is 3.47. The molecule has 0 aliphatic carbocycles. The molecule has 0 radical (unpaired) electrons. The topological polar surface area (TPSA) is 50.4 Å². The maximum Gasteiger partial charge on any atom is 0.261 e. The Kier molecular flexibility index (Phi) is 5.49. The van der Waals surface area contributed by atoms with Crippen molar-refractivity contribution in [1.29, 1.82) is 0 Å². The predicted octanol–water partition coefficient (Wildman–Crippen LogP) is 0.136. The van der Waals surface area contributed by atoms with Crippen LogP contribution < -0.4 is 10.6 Å². The van der Waals surface area contributed by atoms with Crippen molar-refractivity contribution >= 4 is 5.91 Å². The van der Waals surface area contributed by atoms with Crippen LogP contribution in [0.1, 0.15) is 12.8 Å². The molecule has 1 rings (SSSR count). The van der Waals surface area contributed by atoms with Crippen molar-refractivity contribution in [1.82, 2.24) is 10.6 Å². The van der Waals surface area contributed by atoms with E-state index in [1.165, 1.54) is 0 Å². The molecule has 0 spiro atoms. The Bertz CT molecular complexity index is 203. The second-order valence-electron chi connectivity index (χ2n) is 3.47. The first-order valence-electron chi connectivity index (χ1n) is 5.04. The lowest BCUT2D eigenvalue weighted by Crippen LogP contribution is -2.36. The van der Waals surface area contributed by atoms with Crippen LogP contribution in [0.4, 0.5) is 8.78 Å². The zero-order chi connectivity index (χ0) is 11.1. The fourth-order valence-corrected chi connectivity index (χ4v) is 1.42. The number of hydrogen-bond donors (Lipinski definition) is 2. The lowest BCUT2D eigenvalue weighted by molar-refractivity contribution is -0.119. The monoisotopic (exact) mass is 222 g/mol. The van der Waals surface area contributed by atoms with Gasteiger partial charge >= 0.3 is 0 Å². The van der Waals surface area contributed by atoms with E-state index in [-0.39, 0.29) is 18.6 Å². The van der Waals surface area contributed by atoms with Crippen LogP contribution in [-0.2, 0) is 9.53 Å². The highest BCUT2D eigenvalue weighted by molar-refractivity contribution is 5.78. The summed E-state index contributed by atoms with van der Waals surface area (Å²) in [5.74, 6) is 0.0794. The minimum absolute atomic E-state index is 0.0794. The lowest BCUT2D eigenvalue weighted by Gasteiger charge is -2.11. The van der Waals surface area contributed by atoms with Crippen molar-refractivity contribution < 1.29 is 18.3 Å². The number of amides is 1. The zero-order valence-corrected chi connectivity index (χ0v) is 8.47. The molecule has 88 valence electrons. The van der Waals surface area contributed by atoms with Crippen LogP contribution in [0.25, 0.3) is 0 Å². The molecule has 0 saturated carbocycles. The van der Waals surface area contributed by atoms with Gasteiger partial charge in [0.15, 0.2) is 0 Å². The zero-order valence-electron chi connectivity index (χ0n) is 8.47. The average Bonchev–Trinajstić information content (AvgIpc) is 2.57. The molecule has 2 N–H and O–H groups in total. The van der Waals surface area contributed by atoms with Crippen molar-refractivity contribution in [2.45, 2.75) is 25.3 Å². The third-order valence-corrected chi connectivity index (χ3v) is 2.14. The standard InChI is InChI=1S/C9H16F2N2O2/c10-8(11)6-15-4-3-12-5-7-1-2-9(14)13-7/h7-8,12H,1-6H2,(H,13,14). The molecule has 1 atom stereocenters. The minimum Gasteiger partial charge on any atom is -0.374 e. The van der Waals surface area contributed by atoms with Gasteiger partial charge in [-0.2, -0.15) is 0 Å². The summed E-state index contributed by atoms with van der Waals surface area (Å²) in [6.45, 7) is 0.954. The van der Waals surface area contributed by atoms with Gasteiger partial charge in [0.05, 0.1) is 6.61 Å². The molecule has 6 heteroatoms. The fraction of sp³-hybridized carbons (Fsp3) is 0.889. The van der Waals surface area contributed by atoms with Crippen LogP contribution in [0, 0.1) is 0 Å². The molecule has 0 aromatic rings. The molecule has 1 saturated heterocycles. The fourth-order valence-electron chi connectivity index (χ4n) is 1.42. The van der Waals surface area contributed by atoms with Crippen molar-refractivity contribution in [2.24, 2.45) is 0 Å². The highest BCUT2D eigenvalue weighted by Gasteiger charge is 2.19. The van der Waals surface area contributed by atoms with E-state index >= 15 is 0 Å². The van der Waals surface area contributed by atoms with Gasteiger partial charge in [-0.1, -0.05) is 0 Å². The summed E-state index contributed by atoms with van der Waals surface area (Å²) in [4.78, 5) is 10.8. The normalized spacial score (nSPS) is 21.0. The third-order valence-electron chi connectivity index (χ3n) is 2.14. The van der Waals surface area contributed by atoms with Crippen molar-refractivity contribution in [3.8, 4) is 0 Å². The first-order chi connectivity index (χ1) is 7.18. The lowest BCUT2D eigenvalue weighted by atomic mass is 10.2. The van der Waals surface area contributed by atoms with Gasteiger partial charge in [-0.05, 0) is 6.42 Å². The van der Waals surface area contributed by atoms with Gasteiger partial charge in [-0.15, -0.1) is 0 Å². The largest absolute Gasteiger partial charge is 0.374 e. The van der Waals surface area contributed by atoms with Crippen molar-refractivity contribution in [3.63, 3.8) is 0 Å². The Balaban J connectivity index is 1.87. The molecule has 15 heavy (non-hydrogen) atoms. The van der Waals surface area contributed by atoms with E-state index in [9.17, 15) is 13.6 Å². The molecule has 0 aromatic carbocycles. The summed E-state index contributed by atoms with van der Waals surface area (Å²) in [6.07, 6.45) is -0.989. The molecule has 1 unspecified atom stereocenters. The van der Waals surface area contributed by atoms with E-state index in [0.29, 0.717) is 19.5 Å². The molecule has 1 fully saturated rings. The molecule has 1 aliphatic heterocycles. The van der Waals surface area contributed by atoms with Crippen LogP contribution in [0.5, 0.6) is 0 Å². The summed E-state index contributed by atoms with van der Waals surface area (Å²) in [5, 5.41) is 5.84. The van der Waals surface area contributed by atoms with Gasteiger partial charge in [0, 0.05) is 25.6 Å². The Morgan fingerprint density at radius 2 is 2.40 bits per heavy atom. The molecule has 0 aromatic heterocycles. The van der Waals surface area contributed by atoms with Gasteiger partial charge in [-0.25, -0.2) is 8.78 Å². The summed E-state index contributed by atoms with van der Waals surface area (Å²) in [5.41, 5.74) is 0. The Morgan fingerprint density at radius 3 is 3.00 bits per heavy atom. The maximum atomic E-state index is 11.6. The van der Waals surface area contributed by atoms with Crippen LogP contribution >= 0.6 is 0 Å². The van der Waals surface area contributed by atoms with Crippen LogP contribution in [0.3, 0.4) is 0 Å². The van der Waals surface area contributed by atoms with Gasteiger partial charge in [0.1, 0.15) is 6.61 Å². The summed E-state index contributed by atoms with van der Waals surface area (Å²) in [6, 6.07) is 0.174. The van der Waals surface area contributed by atoms with E-state index in [2.05, 4.69) is 15.4 Å². The van der Waals surface area contributed by atoms with E-state index in [4.69, 9.17) is 0 Å². The Morgan fingerprint density at radius 1 is 1.60 bits per heavy atom. The molecular formula is C9H16F2N2O2.